The van der Waals surface area contributed by atoms with E-state index in [4.69, 9.17) is 0 Å². The monoisotopic (exact) mass is 230 g/mol. The third kappa shape index (κ3) is 2.24. The molecule has 17 heavy (non-hydrogen) atoms. The van der Waals surface area contributed by atoms with E-state index in [-0.39, 0.29) is 0 Å². The molecule has 0 bridgehead atoms. The van der Waals surface area contributed by atoms with Gasteiger partial charge in [0.15, 0.2) is 0 Å². The summed E-state index contributed by atoms with van der Waals surface area (Å²) in [5.41, 5.74) is 4.67. The SMILES string of the molecule is CN1CCC(c2ccc3c(c2)CN(C)C3)CC1. The maximum Gasteiger partial charge on any atom is 0.0237 e. The van der Waals surface area contributed by atoms with Crippen LogP contribution in [0.3, 0.4) is 0 Å². The molecule has 2 aliphatic rings. The first-order chi connectivity index (χ1) is 8.22. The molecular weight excluding hydrogens is 208 g/mol. The molecule has 1 saturated heterocycles. The van der Waals surface area contributed by atoms with Crippen LogP contribution in [-0.2, 0) is 13.1 Å². The first kappa shape index (κ1) is 11.2. The van der Waals surface area contributed by atoms with E-state index in [2.05, 4.69) is 42.1 Å². The van der Waals surface area contributed by atoms with E-state index in [1.54, 1.807) is 11.1 Å². The van der Waals surface area contributed by atoms with Gasteiger partial charge >= 0.3 is 0 Å². The second kappa shape index (κ2) is 4.43. The molecule has 0 unspecified atom stereocenters. The maximum absolute atomic E-state index is 2.47. The summed E-state index contributed by atoms with van der Waals surface area (Å²) in [5.74, 6) is 0.794. The predicted molar refractivity (Wildman–Crippen MR) is 71.1 cm³/mol. The van der Waals surface area contributed by atoms with Crippen molar-refractivity contribution in [1.29, 1.82) is 0 Å². The molecule has 2 nitrogen and oxygen atoms in total. The van der Waals surface area contributed by atoms with Crippen LogP contribution in [0.2, 0.25) is 0 Å². The van der Waals surface area contributed by atoms with Gasteiger partial charge in [0.25, 0.3) is 0 Å². The molecule has 0 aliphatic carbocycles. The second-order valence-electron chi connectivity index (χ2n) is 5.78. The van der Waals surface area contributed by atoms with Gasteiger partial charge in [0.1, 0.15) is 0 Å². The summed E-state index contributed by atoms with van der Waals surface area (Å²) in [6.45, 7) is 4.77. The van der Waals surface area contributed by atoms with Crippen molar-refractivity contribution >= 4 is 0 Å². The quantitative estimate of drug-likeness (QED) is 0.731. The van der Waals surface area contributed by atoms with Crippen molar-refractivity contribution in [3.05, 3.63) is 34.9 Å². The minimum absolute atomic E-state index is 0.794. The Hall–Kier alpha value is -0.860. The molecule has 2 aliphatic heterocycles. The molecule has 0 atom stereocenters. The Balaban J connectivity index is 1.78. The molecule has 0 amide bonds. The van der Waals surface area contributed by atoms with E-state index in [0.29, 0.717) is 0 Å². The number of nitrogens with zero attached hydrogens (tertiary/aromatic N) is 2. The zero-order valence-corrected chi connectivity index (χ0v) is 10.9. The molecule has 0 radical (unpaired) electrons. The van der Waals surface area contributed by atoms with Crippen molar-refractivity contribution in [1.82, 2.24) is 9.80 Å². The molecule has 2 heteroatoms. The Morgan fingerprint density at radius 2 is 1.65 bits per heavy atom. The molecule has 2 heterocycles. The fourth-order valence-electron chi connectivity index (χ4n) is 3.18. The van der Waals surface area contributed by atoms with Gasteiger partial charge in [-0.25, -0.2) is 0 Å². The third-order valence-corrected chi connectivity index (χ3v) is 4.30. The summed E-state index contributed by atoms with van der Waals surface area (Å²) in [6, 6.07) is 7.19. The zero-order chi connectivity index (χ0) is 11.8. The van der Waals surface area contributed by atoms with Crippen molar-refractivity contribution in [3.8, 4) is 0 Å². The Labute approximate surface area is 104 Å². The molecular formula is C15H22N2. The Morgan fingerprint density at radius 3 is 2.41 bits per heavy atom. The van der Waals surface area contributed by atoms with Gasteiger partial charge in [-0.3, -0.25) is 4.90 Å². The highest BCUT2D eigenvalue weighted by Gasteiger charge is 2.21. The van der Waals surface area contributed by atoms with Crippen molar-refractivity contribution in [3.63, 3.8) is 0 Å². The maximum atomic E-state index is 2.47. The number of hydrogen-bond acceptors (Lipinski definition) is 2. The number of piperidine rings is 1. The van der Waals surface area contributed by atoms with Crippen LogP contribution in [0.4, 0.5) is 0 Å². The van der Waals surface area contributed by atoms with Crippen LogP contribution in [0.1, 0.15) is 35.4 Å². The summed E-state index contributed by atoms with van der Waals surface area (Å²) in [4.78, 5) is 4.83. The van der Waals surface area contributed by atoms with Gasteiger partial charge in [-0.1, -0.05) is 18.2 Å². The molecule has 3 rings (SSSR count). The van der Waals surface area contributed by atoms with E-state index < -0.39 is 0 Å². The van der Waals surface area contributed by atoms with Crippen LogP contribution in [0.25, 0.3) is 0 Å². The molecule has 92 valence electrons. The van der Waals surface area contributed by atoms with E-state index in [0.717, 1.165) is 19.0 Å². The Morgan fingerprint density at radius 1 is 0.941 bits per heavy atom. The lowest BCUT2D eigenvalue weighted by molar-refractivity contribution is 0.255. The Bertz CT molecular complexity index is 405. The number of likely N-dealkylation sites (tertiary alicyclic amines) is 1. The van der Waals surface area contributed by atoms with Gasteiger partial charge in [0, 0.05) is 13.1 Å². The van der Waals surface area contributed by atoms with Gasteiger partial charge < -0.3 is 4.90 Å². The van der Waals surface area contributed by atoms with Gasteiger partial charge in [-0.05, 0) is 62.6 Å². The largest absolute Gasteiger partial charge is 0.306 e. The standard InChI is InChI=1S/C15H22N2/c1-16-7-5-12(6-8-16)13-3-4-14-10-17(2)11-15(14)9-13/h3-4,9,12H,5-8,10-11H2,1-2H3. The van der Waals surface area contributed by atoms with Gasteiger partial charge in [0.2, 0.25) is 0 Å². The first-order valence-corrected chi connectivity index (χ1v) is 6.71. The lowest BCUT2D eigenvalue weighted by Gasteiger charge is -2.29. The summed E-state index contributed by atoms with van der Waals surface area (Å²) < 4.78 is 0. The average Bonchev–Trinajstić information content (AvgIpc) is 2.69. The second-order valence-corrected chi connectivity index (χ2v) is 5.78. The van der Waals surface area contributed by atoms with E-state index in [9.17, 15) is 0 Å². The molecule has 1 aromatic carbocycles. The van der Waals surface area contributed by atoms with Gasteiger partial charge in [-0.2, -0.15) is 0 Å². The lowest BCUT2D eigenvalue weighted by Crippen LogP contribution is -2.29. The van der Waals surface area contributed by atoms with Crippen LogP contribution in [0.5, 0.6) is 0 Å². The number of rotatable bonds is 1. The molecule has 0 aromatic heterocycles. The minimum Gasteiger partial charge on any atom is -0.306 e. The number of benzene rings is 1. The smallest absolute Gasteiger partial charge is 0.0237 e. The normalized spacial score (nSPS) is 22.9. The van der Waals surface area contributed by atoms with Crippen LogP contribution in [0, 0.1) is 0 Å². The summed E-state index contributed by atoms with van der Waals surface area (Å²) in [6.07, 6.45) is 2.65. The summed E-state index contributed by atoms with van der Waals surface area (Å²) >= 11 is 0. The average molecular weight is 230 g/mol. The Kier molecular flexibility index (Phi) is 2.93. The topological polar surface area (TPSA) is 6.48 Å². The molecule has 0 spiro atoms. The van der Waals surface area contributed by atoms with Crippen molar-refractivity contribution < 1.29 is 0 Å². The van der Waals surface area contributed by atoms with E-state index in [1.807, 2.05) is 0 Å². The molecule has 0 saturated carbocycles. The van der Waals surface area contributed by atoms with Crippen molar-refractivity contribution in [2.75, 3.05) is 27.2 Å². The zero-order valence-electron chi connectivity index (χ0n) is 10.9. The van der Waals surface area contributed by atoms with Crippen LogP contribution >= 0.6 is 0 Å². The van der Waals surface area contributed by atoms with Crippen molar-refractivity contribution in [2.24, 2.45) is 0 Å². The number of fused-ring (bicyclic) bond motifs is 1. The summed E-state index contributed by atoms with van der Waals surface area (Å²) in [5, 5.41) is 0. The van der Waals surface area contributed by atoms with Crippen LogP contribution < -0.4 is 0 Å². The highest BCUT2D eigenvalue weighted by atomic mass is 15.1. The fraction of sp³-hybridized carbons (Fsp3) is 0.600. The molecule has 1 aromatic rings. The van der Waals surface area contributed by atoms with Crippen LogP contribution in [0.15, 0.2) is 18.2 Å². The minimum atomic E-state index is 0.794. The highest BCUT2D eigenvalue weighted by Crippen LogP contribution is 2.31. The predicted octanol–water partition coefficient (Wildman–Crippen LogP) is 2.44. The van der Waals surface area contributed by atoms with Gasteiger partial charge in [0.05, 0.1) is 0 Å². The van der Waals surface area contributed by atoms with Gasteiger partial charge in [-0.15, -0.1) is 0 Å². The number of hydrogen-bond donors (Lipinski definition) is 0. The molecule has 0 N–H and O–H groups in total. The lowest BCUT2D eigenvalue weighted by atomic mass is 9.88. The fourth-order valence-corrected chi connectivity index (χ4v) is 3.18. The van der Waals surface area contributed by atoms with E-state index >= 15 is 0 Å². The van der Waals surface area contributed by atoms with E-state index in [1.165, 1.54) is 31.5 Å². The first-order valence-electron chi connectivity index (χ1n) is 6.71. The van der Waals surface area contributed by atoms with Crippen LogP contribution in [-0.4, -0.2) is 37.0 Å². The third-order valence-electron chi connectivity index (χ3n) is 4.30. The molecule has 1 fully saturated rings. The van der Waals surface area contributed by atoms with Crippen molar-refractivity contribution in [2.45, 2.75) is 31.8 Å². The summed E-state index contributed by atoms with van der Waals surface area (Å²) in [7, 11) is 4.43. The highest BCUT2D eigenvalue weighted by molar-refractivity contribution is 5.36.